The molecular formula is C20H19N7O4S. The molecule has 32 heavy (non-hydrogen) atoms. The molecule has 2 amide bonds. The highest BCUT2D eigenvalue weighted by Crippen LogP contribution is 2.38. The van der Waals surface area contributed by atoms with Gasteiger partial charge in [-0.3, -0.25) is 19.7 Å². The maximum atomic E-state index is 13.1. The summed E-state index contributed by atoms with van der Waals surface area (Å²) in [6.45, 7) is 3.97. The largest absolute Gasteiger partial charge is 0.326 e. The third-order valence-electron chi connectivity index (χ3n) is 5.08. The molecule has 1 aliphatic rings. The number of aryl methyl sites for hydroxylation is 1. The minimum atomic E-state index is -0.564. The second-order valence-corrected chi connectivity index (χ2v) is 8.96. The molecule has 0 spiro atoms. The zero-order valence-corrected chi connectivity index (χ0v) is 18.3. The highest BCUT2D eigenvalue weighted by atomic mass is 32.2. The van der Waals surface area contributed by atoms with Crippen LogP contribution in [0.3, 0.4) is 0 Å². The van der Waals surface area contributed by atoms with E-state index in [4.69, 9.17) is 0 Å². The Kier molecular flexibility index (Phi) is 5.38. The number of anilines is 2. The van der Waals surface area contributed by atoms with Gasteiger partial charge in [-0.15, -0.1) is 5.10 Å². The number of carbonyl (C=O) groups excluding carboxylic acids is 2. The molecule has 2 heterocycles. The summed E-state index contributed by atoms with van der Waals surface area (Å²) < 4.78 is 1.43. The molecule has 0 saturated carbocycles. The Hall–Kier alpha value is -3.80. The number of tetrazole rings is 1. The van der Waals surface area contributed by atoms with E-state index in [0.29, 0.717) is 27.8 Å². The van der Waals surface area contributed by atoms with E-state index in [0.717, 1.165) is 17.3 Å². The summed E-state index contributed by atoms with van der Waals surface area (Å²) in [6, 6.07) is 9.31. The zero-order chi connectivity index (χ0) is 23.0. The fourth-order valence-corrected chi connectivity index (χ4v) is 4.35. The molecule has 0 atom stereocenters. The van der Waals surface area contributed by atoms with E-state index >= 15 is 0 Å². The molecule has 3 aromatic rings. The number of benzene rings is 2. The second-order valence-electron chi connectivity index (χ2n) is 7.95. The highest BCUT2D eigenvalue weighted by Gasteiger charge is 2.32. The topological polar surface area (TPSA) is 145 Å². The van der Waals surface area contributed by atoms with Crippen molar-refractivity contribution >= 4 is 40.6 Å². The number of rotatable bonds is 5. The fourth-order valence-electron chi connectivity index (χ4n) is 3.51. The number of nitro benzene ring substituents is 1. The van der Waals surface area contributed by atoms with E-state index in [2.05, 4.69) is 26.2 Å². The SMILES string of the molecule is Cn1nnnc1Sc1ccc([N+](=O)[O-])cc1C(=O)Nc1ccc2c(c1)NC(=O)CC2(C)C. The predicted octanol–water partition coefficient (Wildman–Crippen LogP) is 3.14. The van der Waals surface area contributed by atoms with Crippen LogP contribution in [-0.2, 0) is 17.3 Å². The van der Waals surface area contributed by atoms with E-state index in [9.17, 15) is 19.7 Å². The maximum absolute atomic E-state index is 13.1. The van der Waals surface area contributed by atoms with Crippen molar-refractivity contribution in [2.75, 3.05) is 10.6 Å². The lowest BCUT2D eigenvalue weighted by Crippen LogP contribution is -2.32. The quantitative estimate of drug-likeness (QED) is 0.443. The summed E-state index contributed by atoms with van der Waals surface area (Å²) in [5, 5.41) is 28.5. The molecule has 1 aromatic heterocycles. The molecule has 0 unspecified atom stereocenters. The third kappa shape index (κ3) is 4.17. The number of nitrogens with zero attached hydrogens (tertiary/aromatic N) is 5. The summed E-state index contributed by atoms with van der Waals surface area (Å²) in [6.07, 6.45) is 0.372. The smallest absolute Gasteiger partial charge is 0.270 e. The molecule has 2 N–H and O–H groups in total. The van der Waals surface area contributed by atoms with Crippen LogP contribution in [0, 0.1) is 10.1 Å². The Morgan fingerprint density at radius 1 is 1.28 bits per heavy atom. The Labute approximate surface area is 186 Å². The van der Waals surface area contributed by atoms with E-state index < -0.39 is 10.8 Å². The van der Waals surface area contributed by atoms with Gasteiger partial charge in [0.25, 0.3) is 11.6 Å². The van der Waals surface area contributed by atoms with Crippen LogP contribution in [-0.4, -0.2) is 36.9 Å². The lowest BCUT2D eigenvalue weighted by Gasteiger charge is -2.32. The molecule has 0 radical (unpaired) electrons. The van der Waals surface area contributed by atoms with Gasteiger partial charge in [-0.1, -0.05) is 19.9 Å². The average molecular weight is 453 g/mol. The van der Waals surface area contributed by atoms with Gasteiger partial charge in [-0.25, -0.2) is 4.68 Å². The fraction of sp³-hybridized carbons (Fsp3) is 0.250. The number of amides is 2. The lowest BCUT2D eigenvalue weighted by molar-refractivity contribution is -0.384. The normalized spacial score (nSPS) is 14.4. The molecule has 0 fully saturated rings. The van der Waals surface area contributed by atoms with Crippen LogP contribution in [0.25, 0.3) is 0 Å². The Bertz CT molecular complexity index is 1250. The lowest BCUT2D eigenvalue weighted by atomic mass is 9.78. The second kappa shape index (κ2) is 8.04. The number of hydrogen-bond donors (Lipinski definition) is 2. The average Bonchev–Trinajstić information content (AvgIpc) is 3.11. The van der Waals surface area contributed by atoms with E-state index in [1.165, 1.54) is 22.9 Å². The van der Waals surface area contributed by atoms with E-state index in [1.807, 2.05) is 19.9 Å². The highest BCUT2D eigenvalue weighted by molar-refractivity contribution is 7.99. The summed E-state index contributed by atoms with van der Waals surface area (Å²) in [5.41, 5.74) is 1.62. The van der Waals surface area contributed by atoms with Crippen LogP contribution in [0.15, 0.2) is 46.5 Å². The molecule has 1 aliphatic heterocycles. The summed E-state index contributed by atoms with van der Waals surface area (Å²) in [5.74, 6) is -0.631. The Balaban J connectivity index is 1.66. The van der Waals surface area contributed by atoms with Gasteiger partial charge in [0.1, 0.15) is 0 Å². The van der Waals surface area contributed by atoms with E-state index in [-0.39, 0.29) is 22.6 Å². The van der Waals surface area contributed by atoms with Gasteiger partial charge in [0.05, 0.1) is 10.5 Å². The van der Waals surface area contributed by atoms with Gasteiger partial charge in [-0.2, -0.15) is 0 Å². The minimum absolute atomic E-state index is 0.0966. The molecule has 0 bridgehead atoms. The molecule has 0 aliphatic carbocycles. The summed E-state index contributed by atoms with van der Waals surface area (Å²) in [7, 11) is 1.65. The number of aromatic nitrogens is 4. The number of fused-ring (bicyclic) bond motifs is 1. The number of hydrogen-bond acceptors (Lipinski definition) is 8. The summed E-state index contributed by atoms with van der Waals surface area (Å²) >= 11 is 1.12. The minimum Gasteiger partial charge on any atom is -0.326 e. The first-order valence-electron chi connectivity index (χ1n) is 9.58. The predicted molar refractivity (Wildman–Crippen MR) is 117 cm³/mol. The van der Waals surface area contributed by atoms with Crippen molar-refractivity contribution in [1.29, 1.82) is 0 Å². The molecule has 164 valence electrons. The standard InChI is InChI=1S/C20H19N7O4S/c1-20(2)10-17(28)22-15-8-11(4-6-14(15)20)21-18(29)13-9-12(27(30)31)5-7-16(13)32-19-23-24-25-26(19)3/h4-9H,10H2,1-3H3,(H,21,29)(H,22,28). The van der Waals surface area contributed by atoms with Gasteiger partial charge in [0.2, 0.25) is 11.1 Å². The van der Waals surface area contributed by atoms with Crippen molar-refractivity contribution in [3.05, 3.63) is 57.6 Å². The van der Waals surface area contributed by atoms with Crippen LogP contribution in [0.5, 0.6) is 0 Å². The van der Waals surface area contributed by atoms with Crippen LogP contribution in [0.2, 0.25) is 0 Å². The van der Waals surface area contributed by atoms with Gasteiger partial charge < -0.3 is 10.6 Å². The van der Waals surface area contributed by atoms with Crippen molar-refractivity contribution in [2.24, 2.45) is 7.05 Å². The molecule has 12 heteroatoms. The van der Waals surface area contributed by atoms with Crippen molar-refractivity contribution in [3.8, 4) is 0 Å². The molecule has 11 nitrogen and oxygen atoms in total. The van der Waals surface area contributed by atoms with Crippen LogP contribution in [0.4, 0.5) is 17.1 Å². The summed E-state index contributed by atoms with van der Waals surface area (Å²) in [4.78, 5) is 36.3. The number of nitrogens with one attached hydrogen (secondary N) is 2. The third-order valence-corrected chi connectivity index (χ3v) is 6.19. The van der Waals surface area contributed by atoms with Crippen LogP contribution in [0.1, 0.15) is 36.2 Å². The van der Waals surface area contributed by atoms with Gasteiger partial charge in [0.15, 0.2) is 0 Å². The van der Waals surface area contributed by atoms with Crippen molar-refractivity contribution < 1.29 is 14.5 Å². The van der Waals surface area contributed by atoms with E-state index in [1.54, 1.807) is 19.2 Å². The number of nitro groups is 1. The number of carbonyl (C=O) groups is 2. The first kappa shape index (κ1) is 21.4. The van der Waals surface area contributed by atoms with Gasteiger partial charge in [0, 0.05) is 47.3 Å². The zero-order valence-electron chi connectivity index (χ0n) is 17.4. The molecule has 4 rings (SSSR count). The van der Waals surface area contributed by atoms with Crippen LogP contribution < -0.4 is 10.6 Å². The number of non-ortho nitro benzene ring substituents is 1. The van der Waals surface area contributed by atoms with Crippen LogP contribution >= 0.6 is 11.8 Å². The molecule has 2 aromatic carbocycles. The van der Waals surface area contributed by atoms with Crippen molar-refractivity contribution in [3.63, 3.8) is 0 Å². The van der Waals surface area contributed by atoms with Gasteiger partial charge in [-0.05, 0) is 46.0 Å². The Morgan fingerprint density at radius 2 is 2.06 bits per heavy atom. The van der Waals surface area contributed by atoms with Crippen molar-refractivity contribution in [1.82, 2.24) is 20.2 Å². The maximum Gasteiger partial charge on any atom is 0.270 e. The Morgan fingerprint density at radius 3 is 2.75 bits per heavy atom. The van der Waals surface area contributed by atoms with Gasteiger partial charge >= 0.3 is 0 Å². The van der Waals surface area contributed by atoms with Crippen molar-refractivity contribution in [2.45, 2.75) is 35.7 Å². The molecular weight excluding hydrogens is 434 g/mol. The monoisotopic (exact) mass is 453 g/mol. The first-order chi connectivity index (χ1) is 15.1. The molecule has 0 saturated heterocycles. The first-order valence-corrected chi connectivity index (χ1v) is 10.4.